The number of aromatic nitrogens is 2. The summed E-state index contributed by atoms with van der Waals surface area (Å²) in [4.78, 5) is 2.32. The first-order valence-electron chi connectivity index (χ1n) is 5.69. The van der Waals surface area contributed by atoms with E-state index in [9.17, 15) is 0 Å². The Morgan fingerprint density at radius 3 is 2.69 bits per heavy atom. The first-order chi connectivity index (χ1) is 7.65. The molecule has 5 nitrogen and oxygen atoms in total. The number of nitrogens with zero attached hydrogens (tertiary/aromatic N) is 3. The van der Waals surface area contributed by atoms with Gasteiger partial charge in [0.25, 0.3) is 0 Å². The van der Waals surface area contributed by atoms with Crippen molar-refractivity contribution in [2.45, 2.75) is 25.8 Å². The van der Waals surface area contributed by atoms with Crippen molar-refractivity contribution in [1.29, 1.82) is 0 Å². The molecule has 2 N–H and O–H groups in total. The van der Waals surface area contributed by atoms with E-state index in [1.807, 2.05) is 18.7 Å². The number of hydrogen-bond donors (Lipinski definition) is 1. The number of nitrogen functional groups attached to an aromatic ring is 1. The van der Waals surface area contributed by atoms with Gasteiger partial charge in [-0.2, -0.15) is 5.10 Å². The standard InChI is InChI=1S/C11H20N4O/c1-8-10(12)11(14(2)13-8)15(6-7-16-3)9-4-5-9/h9H,4-7,12H2,1-3H3. The van der Waals surface area contributed by atoms with Gasteiger partial charge in [-0.25, -0.2) is 0 Å². The minimum Gasteiger partial charge on any atom is -0.394 e. The monoisotopic (exact) mass is 224 g/mol. The fourth-order valence-corrected chi connectivity index (χ4v) is 2.04. The van der Waals surface area contributed by atoms with Crippen LogP contribution in [0.2, 0.25) is 0 Å². The lowest BCUT2D eigenvalue weighted by Gasteiger charge is -2.24. The third-order valence-electron chi connectivity index (χ3n) is 3.03. The van der Waals surface area contributed by atoms with Crippen molar-refractivity contribution in [1.82, 2.24) is 9.78 Å². The molecule has 0 bridgehead atoms. The van der Waals surface area contributed by atoms with Crippen molar-refractivity contribution >= 4 is 11.5 Å². The third-order valence-corrected chi connectivity index (χ3v) is 3.03. The maximum atomic E-state index is 6.08. The molecule has 0 atom stereocenters. The van der Waals surface area contributed by atoms with Crippen LogP contribution in [-0.2, 0) is 11.8 Å². The van der Waals surface area contributed by atoms with Crippen LogP contribution >= 0.6 is 0 Å². The van der Waals surface area contributed by atoms with E-state index >= 15 is 0 Å². The summed E-state index contributed by atoms with van der Waals surface area (Å²) in [5, 5.41) is 4.36. The highest BCUT2D eigenvalue weighted by atomic mass is 16.5. The predicted octanol–water partition coefficient (Wildman–Crippen LogP) is 0.926. The molecular formula is C11H20N4O. The molecule has 2 rings (SSSR count). The Morgan fingerprint density at radius 2 is 2.25 bits per heavy atom. The number of hydrogen-bond acceptors (Lipinski definition) is 4. The molecule has 0 radical (unpaired) electrons. The van der Waals surface area contributed by atoms with E-state index in [4.69, 9.17) is 10.5 Å². The Kier molecular flexibility index (Phi) is 3.05. The quantitative estimate of drug-likeness (QED) is 0.808. The summed E-state index contributed by atoms with van der Waals surface area (Å²) in [6.45, 7) is 3.55. The molecule has 5 heteroatoms. The third kappa shape index (κ3) is 2.00. The first-order valence-corrected chi connectivity index (χ1v) is 5.69. The van der Waals surface area contributed by atoms with Gasteiger partial charge in [0, 0.05) is 26.7 Å². The van der Waals surface area contributed by atoms with E-state index in [1.54, 1.807) is 7.11 Å². The summed E-state index contributed by atoms with van der Waals surface area (Å²) >= 11 is 0. The largest absolute Gasteiger partial charge is 0.394 e. The van der Waals surface area contributed by atoms with Gasteiger partial charge in [-0.1, -0.05) is 0 Å². The topological polar surface area (TPSA) is 56.3 Å². The van der Waals surface area contributed by atoms with Gasteiger partial charge in [-0.15, -0.1) is 0 Å². The Bertz CT molecular complexity index is 370. The van der Waals surface area contributed by atoms with Gasteiger partial charge in [0.05, 0.1) is 18.0 Å². The Hall–Kier alpha value is -1.23. The molecule has 1 aromatic rings. The zero-order valence-electron chi connectivity index (χ0n) is 10.2. The number of methoxy groups -OCH3 is 1. The van der Waals surface area contributed by atoms with E-state index in [1.165, 1.54) is 12.8 Å². The van der Waals surface area contributed by atoms with Crippen LogP contribution in [0.1, 0.15) is 18.5 Å². The van der Waals surface area contributed by atoms with Gasteiger partial charge in [0.15, 0.2) is 5.82 Å². The van der Waals surface area contributed by atoms with Crippen LogP contribution in [0.5, 0.6) is 0 Å². The van der Waals surface area contributed by atoms with Crippen molar-refractivity contribution in [3.8, 4) is 0 Å². The van der Waals surface area contributed by atoms with Crippen molar-refractivity contribution in [2.75, 3.05) is 30.9 Å². The van der Waals surface area contributed by atoms with Crippen molar-refractivity contribution in [3.63, 3.8) is 0 Å². The molecule has 1 fully saturated rings. The van der Waals surface area contributed by atoms with E-state index in [0.29, 0.717) is 6.04 Å². The van der Waals surface area contributed by atoms with E-state index in [0.717, 1.165) is 30.4 Å². The minimum absolute atomic E-state index is 0.618. The van der Waals surface area contributed by atoms with E-state index in [2.05, 4.69) is 10.00 Å². The zero-order valence-corrected chi connectivity index (χ0v) is 10.2. The maximum absolute atomic E-state index is 6.08. The molecular weight excluding hydrogens is 204 g/mol. The number of rotatable bonds is 5. The van der Waals surface area contributed by atoms with Crippen LogP contribution in [0.4, 0.5) is 11.5 Å². The highest BCUT2D eigenvalue weighted by molar-refractivity contribution is 5.67. The van der Waals surface area contributed by atoms with E-state index < -0.39 is 0 Å². The second-order valence-electron chi connectivity index (χ2n) is 4.36. The summed E-state index contributed by atoms with van der Waals surface area (Å²) in [5.74, 6) is 1.04. The summed E-state index contributed by atoms with van der Waals surface area (Å²) in [5.41, 5.74) is 7.78. The molecule has 1 aromatic heterocycles. The lowest BCUT2D eigenvalue weighted by Crippen LogP contribution is -2.31. The Balaban J connectivity index is 2.23. The lowest BCUT2D eigenvalue weighted by atomic mass is 10.3. The molecule has 1 saturated carbocycles. The zero-order chi connectivity index (χ0) is 11.7. The van der Waals surface area contributed by atoms with Crippen LogP contribution in [0.25, 0.3) is 0 Å². The van der Waals surface area contributed by atoms with Crippen LogP contribution < -0.4 is 10.6 Å². The second-order valence-corrected chi connectivity index (χ2v) is 4.36. The molecule has 90 valence electrons. The van der Waals surface area contributed by atoms with Gasteiger partial charge in [-0.05, 0) is 19.8 Å². The molecule has 0 spiro atoms. The van der Waals surface area contributed by atoms with Crippen molar-refractivity contribution in [2.24, 2.45) is 7.05 Å². The normalized spacial score (nSPS) is 15.4. The Labute approximate surface area is 96.2 Å². The lowest BCUT2D eigenvalue weighted by molar-refractivity contribution is 0.204. The Morgan fingerprint density at radius 1 is 1.56 bits per heavy atom. The number of aryl methyl sites for hydroxylation is 2. The van der Waals surface area contributed by atoms with Crippen molar-refractivity contribution in [3.05, 3.63) is 5.69 Å². The minimum atomic E-state index is 0.618. The fourth-order valence-electron chi connectivity index (χ4n) is 2.04. The van der Waals surface area contributed by atoms with Crippen LogP contribution in [0, 0.1) is 6.92 Å². The number of ether oxygens (including phenoxy) is 1. The van der Waals surface area contributed by atoms with Crippen molar-refractivity contribution < 1.29 is 4.74 Å². The van der Waals surface area contributed by atoms with Gasteiger partial charge in [0.1, 0.15) is 0 Å². The molecule has 0 aliphatic heterocycles. The molecule has 16 heavy (non-hydrogen) atoms. The van der Waals surface area contributed by atoms with Gasteiger partial charge >= 0.3 is 0 Å². The van der Waals surface area contributed by atoms with Crippen LogP contribution in [-0.4, -0.2) is 36.1 Å². The highest BCUT2D eigenvalue weighted by Crippen LogP contribution is 2.35. The predicted molar refractivity (Wildman–Crippen MR) is 64.6 cm³/mol. The maximum Gasteiger partial charge on any atom is 0.150 e. The van der Waals surface area contributed by atoms with Gasteiger partial charge in [-0.3, -0.25) is 4.68 Å². The summed E-state index contributed by atoms with van der Waals surface area (Å²) in [6, 6.07) is 0.618. The average molecular weight is 224 g/mol. The molecule has 0 saturated heterocycles. The van der Waals surface area contributed by atoms with Gasteiger partial charge < -0.3 is 15.4 Å². The van der Waals surface area contributed by atoms with Crippen LogP contribution in [0.15, 0.2) is 0 Å². The summed E-state index contributed by atoms with van der Waals surface area (Å²) in [6.07, 6.45) is 2.49. The first kappa shape index (κ1) is 11.3. The van der Waals surface area contributed by atoms with Crippen LogP contribution in [0.3, 0.4) is 0 Å². The second kappa shape index (κ2) is 4.33. The smallest absolute Gasteiger partial charge is 0.150 e. The van der Waals surface area contributed by atoms with Gasteiger partial charge in [0.2, 0.25) is 0 Å². The fraction of sp³-hybridized carbons (Fsp3) is 0.727. The number of nitrogens with two attached hydrogens (primary N) is 1. The molecule has 1 aliphatic carbocycles. The summed E-state index contributed by atoms with van der Waals surface area (Å²) < 4.78 is 7.02. The SMILES string of the molecule is COCCN(c1c(N)c(C)nn1C)C1CC1. The van der Waals surface area contributed by atoms with E-state index in [-0.39, 0.29) is 0 Å². The average Bonchev–Trinajstić information content (AvgIpc) is 3.02. The number of anilines is 2. The molecule has 0 aromatic carbocycles. The molecule has 0 amide bonds. The molecule has 1 heterocycles. The highest BCUT2D eigenvalue weighted by Gasteiger charge is 2.32. The molecule has 1 aliphatic rings. The molecule has 0 unspecified atom stereocenters. The summed E-state index contributed by atoms with van der Waals surface area (Å²) in [7, 11) is 3.67.